The Kier molecular flexibility index (Phi) is 5.46. The van der Waals surface area contributed by atoms with Gasteiger partial charge in [0.05, 0.1) is 4.92 Å². The summed E-state index contributed by atoms with van der Waals surface area (Å²) in [5.41, 5.74) is -0.319. The van der Waals surface area contributed by atoms with Crippen molar-refractivity contribution in [3.05, 3.63) is 76.7 Å². The second kappa shape index (κ2) is 7.74. The third kappa shape index (κ3) is 4.16. The average Bonchev–Trinajstić information content (AvgIpc) is 2.55. The topological polar surface area (TPSA) is 74.5 Å². The molecule has 0 N–H and O–H groups in total. The van der Waals surface area contributed by atoms with Crippen LogP contribution in [0.3, 0.4) is 0 Å². The highest BCUT2D eigenvalue weighted by atomic mass is 16.6. The standard InChI is InChI=1S/C17H16N2O4/c1-3-8-13(4-2)22-15-11-12-18-17(16(15)19(20)21)23-14-9-6-5-7-10-14/h3-12H,1-2H3/b8-3-,13-4+. The third-order valence-electron chi connectivity index (χ3n) is 2.84. The maximum absolute atomic E-state index is 11.4. The fraction of sp³-hybridized carbons (Fsp3) is 0.118. The average molecular weight is 312 g/mol. The molecule has 2 aromatic rings. The molecule has 2 rings (SSSR count). The van der Waals surface area contributed by atoms with Gasteiger partial charge in [0.15, 0.2) is 0 Å². The van der Waals surface area contributed by atoms with Gasteiger partial charge in [0.1, 0.15) is 11.5 Å². The number of rotatable bonds is 6. The first-order valence-electron chi connectivity index (χ1n) is 6.99. The van der Waals surface area contributed by atoms with Crippen molar-refractivity contribution in [2.24, 2.45) is 0 Å². The van der Waals surface area contributed by atoms with E-state index >= 15 is 0 Å². The van der Waals surface area contributed by atoms with Crippen LogP contribution in [0.4, 0.5) is 5.69 Å². The first-order valence-corrected chi connectivity index (χ1v) is 6.99. The molecule has 0 unspecified atom stereocenters. The van der Waals surface area contributed by atoms with Gasteiger partial charge < -0.3 is 9.47 Å². The van der Waals surface area contributed by atoms with Crippen molar-refractivity contribution in [2.45, 2.75) is 13.8 Å². The molecule has 1 aromatic heterocycles. The van der Waals surface area contributed by atoms with Gasteiger partial charge in [-0.25, -0.2) is 4.98 Å². The lowest BCUT2D eigenvalue weighted by Gasteiger charge is -2.09. The van der Waals surface area contributed by atoms with Crippen molar-refractivity contribution < 1.29 is 14.4 Å². The number of para-hydroxylation sites is 1. The number of hydrogen-bond donors (Lipinski definition) is 0. The largest absolute Gasteiger partial charge is 0.450 e. The van der Waals surface area contributed by atoms with Gasteiger partial charge in [-0.2, -0.15) is 0 Å². The van der Waals surface area contributed by atoms with E-state index in [1.165, 1.54) is 12.3 Å². The van der Waals surface area contributed by atoms with Crippen LogP contribution in [0.25, 0.3) is 0 Å². The van der Waals surface area contributed by atoms with Crippen LogP contribution in [0.5, 0.6) is 17.4 Å². The van der Waals surface area contributed by atoms with Crippen molar-refractivity contribution in [3.63, 3.8) is 0 Å². The number of ether oxygens (including phenoxy) is 2. The van der Waals surface area contributed by atoms with Crippen molar-refractivity contribution >= 4 is 5.69 Å². The van der Waals surface area contributed by atoms with Gasteiger partial charge in [0.25, 0.3) is 0 Å². The van der Waals surface area contributed by atoms with Crippen LogP contribution in [0, 0.1) is 10.1 Å². The number of nitrogens with zero attached hydrogens (tertiary/aromatic N) is 2. The highest BCUT2D eigenvalue weighted by Gasteiger charge is 2.25. The van der Waals surface area contributed by atoms with Crippen LogP contribution in [0.15, 0.2) is 66.6 Å². The van der Waals surface area contributed by atoms with Crippen molar-refractivity contribution in [1.82, 2.24) is 4.98 Å². The summed E-state index contributed by atoms with van der Waals surface area (Å²) in [7, 11) is 0. The molecule has 0 atom stereocenters. The summed E-state index contributed by atoms with van der Waals surface area (Å²) in [6, 6.07) is 10.2. The molecule has 0 aliphatic carbocycles. The Morgan fingerprint density at radius 1 is 1.22 bits per heavy atom. The van der Waals surface area contributed by atoms with Crippen LogP contribution in [-0.2, 0) is 0 Å². The molecule has 6 heteroatoms. The smallest absolute Gasteiger partial charge is 0.373 e. The molecule has 0 bridgehead atoms. The first-order chi connectivity index (χ1) is 11.2. The zero-order valence-corrected chi connectivity index (χ0v) is 12.8. The lowest BCUT2D eigenvalue weighted by Crippen LogP contribution is -2.01. The van der Waals surface area contributed by atoms with Gasteiger partial charge in [-0.3, -0.25) is 10.1 Å². The normalized spacial score (nSPS) is 11.5. The van der Waals surface area contributed by atoms with Gasteiger partial charge in [-0.15, -0.1) is 0 Å². The summed E-state index contributed by atoms with van der Waals surface area (Å²) in [4.78, 5) is 14.8. The lowest BCUT2D eigenvalue weighted by atomic mass is 10.3. The molecule has 6 nitrogen and oxygen atoms in total. The lowest BCUT2D eigenvalue weighted by molar-refractivity contribution is -0.386. The molecule has 0 aliphatic heterocycles. The minimum atomic E-state index is -0.566. The fourth-order valence-electron chi connectivity index (χ4n) is 1.82. The Bertz CT molecular complexity index is 740. The van der Waals surface area contributed by atoms with Crippen molar-refractivity contribution in [2.75, 3.05) is 0 Å². The van der Waals surface area contributed by atoms with E-state index in [0.29, 0.717) is 11.5 Å². The summed E-state index contributed by atoms with van der Waals surface area (Å²) in [6.45, 7) is 3.61. The maximum Gasteiger partial charge on any atom is 0.373 e. The van der Waals surface area contributed by atoms with Crippen molar-refractivity contribution in [3.8, 4) is 17.4 Å². The minimum absolute atomic E-state index is 0.0714. The van der Waals surface area contributed by atoms with E-state index in [-0.39, 0.29) is 17.3 Å². The predicted octanol–water partition coefficient (Wildman–Crippen LogP) is 4.64. The highest BCUT2D eigenvalue weighted by molar-refractivity contribution is 5.55. The summed E-state index contributed by atoms with van der Waals surface area (Å²) < 4.78 is 11.1. The molecular formula is C17H16N2O4. The minimum Gasteiger partial charge on any atom is -0.450 e. The SMILES string of the molecule is C/C=C\C(=C/C)Oc1ccnc(Oc2ccccc2)c1[N+](=O)[O-]. The predicted molar refractivity (Wildman–Crippen MR) is 86.6 cm³/mol. The summed E-state index contributed by atoms with van der Waals surface area (Å²) in [5.74, 6) is 0.907. The zero-order valence-electron chi connectivity index (χ0n) is 12.8. The Labute approximate surface area is 133 Å². The third-order valence-corrected chi connectivity index (χ3v) is 2.84. The van der Waals surface area contributed by atoms with Gasteiger partial charge in [-0.1, -0.05) is 24.3 Å². The molecule has 0 spiro atoms. The number of aromatic nitrogens is 1. The van der Waals surface area contributed by atoms with Crippen LogP contribution in [0.1, 0.15) is 13.8 Å². The van der Waals surface area contributed by atoms with E-state index < -0.39 is 4.92 Å². The van der Waals surface area contributed by atoms with E-state index in [1.807, 2.05) is 13.0 Å². The fourth-order valence-corrected chi connectivity index (χ4v) is 1.82. The summed E-state index contributed by atoms with van der Waals surface area (Å²) >= 11 is 0. The van der Waals surface area contributed by atoms with Crippen LogP contribution in [-0.4, -0.2) is 9.91 Å². The quantitative estimate of drug-likeness (QED) is 0.336. The molecule has 1 aromatic carbocycles. The molecule has 0 fully saturated rings. The summed E-state index contributed by atoms with van der Waals surface area (Å²) in [6.07, 6.45) is 6.61. The summed E-state index contributed by atoms with van der Waals surface area (Å²) in [5, 5.41) is 11.4. The molecule has 0 saturated heterocycles. The first kappa shape index (κ1) is 16.2. The number of hydrogen-bond acceptors (Lipinski definition) is 5. The van der Waals surface area contributed by atoms with Crippen molar-refractivity contribution in [1.29, 1.82) is 0 Å². The molecule has 0 saturated carbocycles. The Balaban J connectivity index is 2.40. The number of allylic oxidation sites excluding steroid dienone is 3. The molecule has 0 radical (unpaired) electrons. The Morgan fingerprint density at radius 2 is 1.96 bits per heavy atom. The highest BCUT2D eigenvalue weighted by Crippen LogP contribution is 2.37. The molecule has 1 heterocycles. The number of nitro groups is 1. The van der Waals surface area contributed by atoms with Gasteiger partial charge in [-0.05, 0) is 38.1 Å². The van der Waals surface area contributed by atoms with E-state index in [2.05, 4.69) is 4.98 Å². The Morgan fingerprint density at radius 3 is 2.57 bits per heavy atom. The van der Waals surface area contributed by atoms with Crippen LogP contribution >= 0.6 is 0 Å². The van der Waals surface area contributed by atoms with E-state index in [9.17, 15) is 10.1 Å². The van der Waals surface area contributed by atoms with E-state index in [4.69, 9.17) is 9.47 Å². The number of benzene rings is 1. The molecule has 0 amide bonds. The molecule has 118 valence electrons. The van der Waals surface area contributed by atoms with E-state index in [1.54, 1.807) is 49.4 Å². The second-order valence-corrected chi connectivity index (χ2v) is 4.43. The van der Waals surface area contributed by atoms with Crippen LogP contribution in [0.2, 0.25) is 0 Å². The zero-order chi connectivity index (χ0) is 16.7. The van der Waals surface area contributed by atoms with Crippen LogP contribution < -0.4 is 9.47 Å². The Hall–Kier alpha value is -3.15. The van der Waals surface area contributed by atoms with Gasteiger partial charge >= 0.3 is 11.6 Å². The molecule has 0 aliphatic rings. The second-order valence-electron chi connectivity index (χ2n) is 4.43. The number of pyridine rings is 1. The molecular weight excluding hydrogens is 296 g/mol. The maximum atomic E-state index is 11.4. The molecule has 23 heavy (non-hydrogen) atoms. The van der Waals surface area contributed by atoms with Gasteiger partial charge in [0.2, 0.25) is 5.75 Å². The van der Waals surface area contributed by atoms with Gasteiger partial charge in [0, 0.05) is 12.3 Å². The van der Waals surface area contributed by atoms with E-state index in [0.717, 1.165) is 0 Å². The monoisotopic (exact) mass is 312 g/mol.